The van der Waals surface area contributed by atoms with Gasteiger partial charge in [-0.05, 0) is 13.8 Å². The maximum absolute atomic E-state index is 9.42. The van der Waals surface area contributed by atoms with Crippen LogP contribution in [0.1, 0.15) is 25.5 Å². The van der Waals surface area contributed by atoms with Gasteiger partial charge in [-0.2, -0.15) is 5.10 Å². The zero-order valence-corrected chi connectivity index (χ0v) is 10.6. The lowest BCUT2D eigenvalue weighted by atomic mass is 10.1. The van der Waals surface area contributed by atoms with Gasteiger partial charge in [0.1, 0.15) is 5.15 Å². The Morgan fingerprint density at radius 3 is 2.47 bits per heavy atom. The Kier molecular flexibility index (Phi) is 3.50. The van der Waals surface area contributed by atoms with Crippen molar-refractivity contribution in [1.82, 2.24) is 9.78 Å². The smallest absolute Gasteiger partial charge is 0.133 e. The second kappa shape index (κ2) is 4.90. The van der Waals surface area contributed by atoms with Gasteiger partial charge < -0.3 is 5.11 Å². The van der Waals surface area contributed by atoms with Crippen LogP contribution in [0.5, 0.6) is 0 Å². The predicted octanol–water partition coefficient (Wildman–Crippen LogP) is 3.28. The van der Waals surface area contributed by atoms with Crippen molar-refractivity contribution in [3.8, 4) is 11.3 Å². The molecule has 1 heterocycles. The Labute approximate surface area is 106 Å². The summed E-state index contributed by atoms with van der Waals surface area (Å²) in [7, 11) is 0. The first-order valence-electron chi connectivity index (χ1n) is 5.58. The molecule has 0 aliphatic carbocycles. The van der Waals surface area contributed by atoms with Crippen LogP contribution in [0.4, 0.5) is 0 Å². The number of aliphatic hydroxyl groups excluding tert-OH is 1. The first-order chi connectivity index (χ1) is 8.15. The lowest BCUT2D eigenvalue weighted by molar-refractivity contribution is 0.282. The largest absolute Gasteiger partial charge is 0.391 e. The van der Waals surface area contributed by atoms with Crippen molar-refractivity contribution in [3.63, 3.8) is 0 Å². The lowest BCUT2D eigenvalue weighted by Crippen LogP contribution is -2.02. The quantitative estimate of drug-likeness (QED) is 0.908. The summed E-state index contributed by atoms with van der Waals surface area (Å²) >= 11 is 6.21. The van der Waals surface area contributed by atoms with Crippen molar-refractivity contribution >= 4 is 11.6 Å². The molecule has 0 radical (unpaired) electrons. The second-order valence-corrected chi connectivity index (χ2v) is 4.54. The third-order valence-electron chi connectivity index (χ3n) is 2.64. The summed E-state index contributed by atoms with van der Waals surface area (Å²) in [4.78, 5) is 0. The van der Waals surface area contributed by atoms with Crippen LogP contribution in [-0.4, -0.2) is 14.9 Å². The highest BCUT2D eigenvalue weighted by Crippen LogP contribution is 2.30. The van der Waals surface area contributed by atoms with Crippen LogP contribution in [0.15, 0.2) is 30.3 Å². The zero-order valence-electron chi connectivity index (χ0n) is 9.89. The van der Waals surface area contributed by atoms with Crippen molar-refractivity contribution < 1.29 is 5.11 Å². The Morgan fingerprint density at radius 1 is 1.29 bits per heavy atom. The van der Waals surface area contributed by atoms with Gasteiger partial charge in [0.2, 0.25) is 0 Å². The monoisotopic (exact) mass is 250 g/mol. The number of aromatic nitrogens is 2. The Hall–Kier alpha value is -1.32. The lowest BCUT2D eigenvalue weighted by Gasteiger charge is -2.05. The molecule has 2 aromatic rings. The molecule has 2 rings (SSSR count). The normalized spacial score (nSPS) is 11.1. The molecule has 90 valence electrons. The highest BCUT2D eigenvalue weighted by Gasteiger charge is 2.18. The van der Waals surface area contributed by atoms with Crippen molar-refractivity contribution in [2.45, 2.75) is 26.5 Å². The summed E-state index contributed by atoms with van der Waals surface area (Å²) in [6.07, 6.45) is 0. The van der Waals surface area contributed by atoms with Gasteiger partial charge in [0, 0.05) is 17.2 Å². The summed E-state index contributed by atoms with van der Waals surface area (Å²) in [6.45, 7) is 3.92. The summed E-state index contributed by atoms with van der Waals surface area (Å²) in [5.41, 5.74) is 2.41. The number of halogens is 1. The van der Waals surface area contributed by atoms with Crippen molar-refractivity contribution in [2.24, 2.45) is 0 Å². The average Bonchev–Trinajstić information content (AvgIpc) is 2.67. The standard InChI is InChI=1S/C13H15ClN2O/c1-9(2)16-13(14)11(8-17)12(15-16)10-6-4-3-5-7-10/h3-7,9,17H,8H2,1-2H3. The van der Waals surface area contributed by atoms with Crippen molar-refractivity contribution in [1.29, 1.82) is 0 Å². The molecule has 0 saturated carbocycles. The first-order valence-corrected chi connectivity index (χ1v) is 5.96. The van der Waals surface area contributed by atoms with Gasteiger partial charge in [-0.25, -0.2) is 0 Å². The van der Waals surface area contributed by atoms with Gasteiger partial charge in [0.25, 0.3) is 0 Å². The number of aliphatic hydroxyl groups is 1. The van der Waals surface area contributed by atoms with Crippen LogP contribution < -0.4 is 0 Å². The molecule has 4 heteroatoms. The van der Waals surface area contributed by atoms with Crippen molar-refractivity contribution in [2.75, 3.05) is 0 Å². The Bertz CT molecular complexity index is 506. The molecule has 1 N–H and O–H groups in total. The van der Waals surface area contributed by atoms with Crippen LogP contribution >= 0.6 is 11.6 Å². The SMILES string of the molecule is CC(C)n1nc(-c2ccccc2)c(CO)c1Cl. The highest BCUT2D eigenvalue weighted by molar-refractivity contribution is 6.30. The van der Waals surface area contributed by atoms with Gasteiger partial charge >= 0.3 is 0 Å². The molecule has 1 aromatic heterocycles. The maximum atomic E-state index is 9.42. The number of benzene rings is 1. The molecule has 0 atom stereocenters. The van der Waals surface area contributed by atoms with E-state index in [2.05, 4.69) is 5.10 Å². The molecule has 1 aromatic carbocycles. The van der Waals surface area contributed by atoms with E-state index in [-0.39, 0.29) is 12.6 Å². The third kappa shape index (κ3) is 2.21. The molecule has 0 fully saturated rings. The van der Waals surface area contributed by atoms with E-state index in [1.54, 1.807) is 4.68 Å². The van der Waals surface area contributed by atoms with Crippen LogP contribution in [0.2, 0.25) is 5.15 Å². The molecule has 0 amide bonds. The number of nitrogens with zero attached hydrogens (tertiary/aromatic N) is 2. The minimum atomic E-state index is -0.101. The molecule has 0 unspecified atom stereocenters. The molecule has 0 bridgehead atoms. The fourth-order valence-corrected chi connectivity index (χ4v) is 2.14. The zero-order chi connectivity index (χ0) is 12.4. The van der Waals surface area contributed by atoms with E-state index < -0.39 is 0 Å². The summed E-state index contributed by atoms with van der Waals surface area (Å²) < 4.78 is 1.73. The summed E-state index contributed by atoms with van der Waals surface area (Å²) in [6, 6.07) is 9.93. The molecule has 3 nitrogen and oxygen atoms in total. The van der Waals surface area contributed by atoms with E-state index in [0.29, 0.717) is 10.7 Å². The van der Waals surface area contributed by atoms with Crippen LogP contribution in [-0.2, 0) is 6.61 Å². The van der Waals surface area contributed by atoms with E-state index in [9.17, 15) is 5.11 Å². The molecular weight excluding hydrogens is 236 g/mol. The molecule has 0 saturated heterocycles. The summed E-state index contributed by atoms with van der Waals surface area (Å²) in [5.74, 6) is 0. The number of hydrogen-bond acceptors (Lipinski definition) is 2. The van der Waals surface area contributed by atoms with Crippen molar-refractivity contribution in [3.05, 3.63) is 41.0 Å². The highest BCUT2D eigenvalue weighted by atomic mass is 35.5. The van der Waals surface area contributed by atoms with Crippen LogP contribution in [0, 0.1) is 0 Å². The van der Waals surface area contributed by atoms with E-state index in [1.165, 1.54) is 0 Å². The molecule has 0 aliphatic heterocycles. The van der Waals surface area contributed by atoms with Gasteiger partial charge in [0.05, 0.1) is 12.3 Å². The van der Waals surface area contributed by atoms with Crippen LogP contribution in [0.3, 0.4) is 0 Å². The second-order valence-electron chi connectivity index (χ2n) is 4.18. The van der Waals surface area contributed by atoms with Crippen LogP contribution in [0.25, 0.3) is 11.3 Å². The molecule has 0 aliphatic rings. The average molecular weight is 251 g/mol. The minimum Gasteiger partial charge on any atom is -0.391 e. The van der Waals surface area contributed by atoms with E-state index in [0.717, 1.165) is 11.3 Å². The Morgan fingerprint density at radius 2 is 1.94 bits per heavy atom. The van der Waals surface area contributed by atoms with E-state index in [1.807, 2.05) is 44.2 Å². The maximum Gasteiger partial charge on any atom is 0.133 e. The predicted molar refractivity (Wildman–Crippen MR) is 69.0 cm³/mol. The van der Waals surface area contributed by atoms with E-state index >= 15 is 0 Å². The minimum absolute atomic E-state index is 0.101. The molecule has 0 spiro atoms. The number of hydrogen-bond donors (Lipinski definition) is 1. The topological polar surface area (TPSA) is 38.0 Å². The number of rotatable bonds is 3. The molecule has 17 heavy (non-hydrogen) atoms. The fourth-order valence-electron chi connectivity index (χ4n) is 1.76. The molecular formula is C13H15ClN2O. The van der Waals surface area contributed by atoms with E-state index in [4.69, 9.17) is 11.6 Å². The first kappa shape index (κ1) is 12.1. The third-order valence-corrected chi connectivity index (χ3v) is 3.04. The van der Waals surface area contributed by atoms with Gasteiger partial charge in [-0.15, -0.1) is 0 Å². The van der Waals surface area contributed by atoms with Gasteiger partial charge in [-0.3, -0.25) is 4.68 Å². The van der Waals surface area contributed by atoms with Gasteiger partial charge in [-0.1, -0.05) is 41.9 Å². The summed E-state index contributed by atoms with van der Waals surface area (Å²) in [5, 5.41) is 14.4. The fraction of sp³-hybridized carbons (Fsp3) is 0.308. The Balaban J connectivity index is 2.58. The van der Waals surface area contributed by atoms with Gasteiger partial charge in [0.15, 0.2) is 0 Å².